The van der Waals surface area contributed by atoms with Crippen LogP contribution in [0.2, 0.25) is 0 Å². The van der Waals surface area contributed by atoms with E-state index in [9.17, 15) is 4.79 Å². The number of carbonyl (C=O) groups is 1. The van der Waals surface area contributed by atoms with Gasteiger partial charge in [0.15, 0.2) is 0 Å². The van der Waals surface area contributed by atoms with E-state index in [0.29, 0.717) is 0 Å². The number of ketones is 1. The Morgan fingerprint density at radius 3 is 1.69 bits per heavy atom. The van der Waals surface area contributed by atoms with Gasteiger partial charge >= 0.3 is 0 Å². The predicted molar refractivity (Wildman–Crippen MR) is 60.6 cm³/mol. The fraction of sp³-hybridized carbons (Fsp3) is 0.0714. The van der Waals surface area contributed by atoms with E-state index in [1.54, 1.807) is 31.2 Å². The van der Waals surface area contributed by atoms with Crippen LogP contribution in [-0.2, 0) is 32.7 Å². The molecular weight excluding hydrogens is 273 g/mol. The van der Waals surface area contributed by atoms with Gasteiger partial charge in [-0.1, -0.05) is 5.56 Å². The summed E-state index contributed by atoms with van der Waals surface area (Å²) in [6, 6.07) is 22.3. The molecule has 0 atom stereocenters. The summed E-state index contributed by atoms with van der Waals surface area (Å²) < 4.78 is 0. The van der Waals surface area contributed by atoms with E-state index in [2.05, 4.69) is 12.1 Å². The van der Waals surface area contributed by atoms with Crippen LogP contribution >= 0.6 is 0 Å². The summed E-state index contributed by atoms with van der Waals surface area (Å²) >= 11 is 0. The van der Waals surface area contributed by atoms with E-state index in [4.69, 9.17) is 0 Å². The minimum atomic E-state index is 0. The smallest absolute Gasteiger partial charge is 0.135 e. The molecule has 0 aliphatic heterocycles. The van der Waals surface area contributed by atoms with Crippen molar-refractivity contribution in [3.8, 4) is 0 Å². The molecule has 2 aromatic carbocycles. The van der Waals surface area contributed by atoms with Crippen LogP contribution in [0.1, 0.15) is 17.3 Å². The van der Waals surface area contributed by atoms with Gasteiger partial charge in [-0.3, -0.25) is 4.79 Å². The number of hydrogen-bond acceptors (Lipinski definition) is 1. The summed E-state index contributed by atoms with van der Waals surface area (Å²) in [6.07, 6.45) is 0. The Kier molecular flexibility index (Phi) is 8.98. The Morgan fingerprint density at radius 2 is 1.44 bits per heavy atom. The van der Waals surface area contributed by atoms with E-state index in [1.165, 1.54) is 0 Å². The minimum Gasteiger partial charge on any atom is -0.297 e. The third-order valence-corrected chi connectivity index (χ3v) is 1.73. The summed E-state index contributed by atoms with van der Waals surface area (Å²) in [7, 11) is 0. The van der Waals surface area contributed by atoms with Gasteiger partial charge in [-0.05, 0) is 6.92 Å². The second kappa shape index (κ2) is 9.44. The van der Waals surface area contributed by atoms with Crippen LogP contribution < -0.4 is 0 Å². The molecular formula is C14H12OY-2. The number of benzene rings is 2. The average Bonchev–Trinajstić information content (AvgIpc) is 2.33. The number of hydrogen-bond donors (Lipinski definition) is 0. The maximum atomic E-state index is 10.6. The molecule has 1 nitrogen and oxygen atoms in total. The molecule has 0 aliphatic rings. The molecule has 2 aromatic rings. The number of Topliss-reactive ketones (excluding diaryl/α,β-unsaturated/α-hetero) is 1. The quantitative estimate of drug-likeness (QED) is 0.581. The topological polar surface area (TPSA) is 17.1 Å². The van der Waals surface area contributed by atoms with E-state index in [1.807, 2.05) is 30.3 Å². The van der Waals surface area contributed by atoms with Gasteiger partial charge in [0.2, 0.25) is 0 Å². The molecule has 0 heterocycles. The first kappa shape index (κ1) is 15.2. The van der Waals surface area contributed by atoms with Crippen molar-refractivity contribution in [2.45, 2.75) is 6.92 Å². The first-order valence-corrected chi connectivity index (χ1v) is 4.69. The normalized spacial score (nSPS) is 8.06. The summed E-state index contributed by atoms with van der Waals surface area (Å²) in [5.41, 5.74) is 0.744. The van der Waals surface area contributed by atoms with E-state index in [-0.39, 0.29) is 38.5 Å². The van der Waals surface area contributed by atoms with Crippen molar-refractivity contribution in [1.82, 2.24) is 0 Å². The van der Waals surface area contributed by atoms with Crippen molar-refractivity contribution in [3.63, 3.8) is 0 Å². The van der Waals surface area contributed by atoms with Gasteiger partial charge < -0.3 is 0 Å². The van der Waals surface area contributed by atoms with Crippen molar-refractivity contribution < 1.29 is 37.5 Å². The van der Waals surface area contributed by atoms with E-state index >= 15 is 0 Å². The van der Waals surface area contributed by atoms with E-state index in [0.717, 1.165) is 5.56 Å². The zero-order valence-corrected chi connectivity index (χ0v) is 12.0. The zero-order valence-electron chi connectivity index (χ0n) is 9.18. The summed E-state index contributed by atoms with van der Waals surface area (Å²) in [5, 5.41) is 0. The fourth-order valence-corrected chi connectivity index (χ4v) is 0.964. The van der Waals surface area contributed by atoms with Crippen molar-refractivity contribution in [2.75, 3.05) is 0 Å². The van der Waals surface area contributed by atoms with Crippen LogP contribution in [0, 0.1) is 12.1 Å². The summed E-state index contributed by atoms with van der Waals surface area (Å²) in [6.45, 7) is 1.55. The zero-order chi connectivity index (χ0) is 10.9. The second-order valence-corrected chi connectivity index (χ2v) is 2.92. The predicted octanol–water partition coefficient (Wildman–Crippen LogP) is 3.17. The van der Waals surface area contributed by atoms with Crippen LogP contribution in [0.25, 0.3) is 0 Å². The van der Waals surface area contributed by atoms with Gasteiger partial charge in [0.25, 0.3) is 0 Å². The van der Waals surface area contributed by atoms with Gasteiger partial charge in [0.1, 0.15) is 5.78 Å². The molecule has 0 saturated carbocycles. The molecule has 0 amide bonds. The van der Waals surface area contributed by atoms with Crippen molar-refractivity contribution in [3.05, 3.63) is 72.3 Å². The Morgan fingerprint density at radius 1 is 0.938 bits per heavy atom. The fourth-order valence-electron chi connectivity index (χ4n) is 0.964. The van der Waals surface area contributed by atoms with Gasteiger partial charge in [-0.15, -0.1) is 0 Å². The third kappa shape index (κ3) is 6.65. The Hall–Kier alpha value is -0.786. The van der Waals surface area contributed by atoms with Crippen molar-refractivity contribution in [1.29, 1.82) is 0 Å². The molecule has 0 bridgehead atoms. The second-order valence-electron chi connectivity index (χ2n) is 2.92. The van der Waals surface area contributed by atoms with Gasteiger partial charge in [0.05, 0.1) is 0 Å². The number of rotatable bonds is 1. The Bertz CT molecular complexity index is 357. The molecule has 0 N–H and O–H groups in total. The molecule has 0 unspecified atom stereocenters. The van der Waals surface area contributed by atoms with Crippen LogP contribution in [0.4, 0.5) is 0 Å². The first-order valence-electron chi connectivity index (χ1n) is 4.69. The van der Waals surface area contributed by atoms with Crippen molar-refractivity contribution >= 4 is 5.78 Å². The monoisotopic (exact) mass is 285 g/mol. The van der Waals surface area contributed by atoms with Gasteiger partial charge in [-0.25, -0.2) is 0 Å². The summed E-state index contributed by atoms with van der Waals surface area (Å²) in [4.78, 5) is 10.6. The molecule has 0 spiro atoms. The van der Waals surface area contributed by atoms with Crippen LogP contribution in [0.15, 0.2) is 54.6 Å². The SMILES string of the molecule is CC(=O)c1cc[c-]cc1.[Y].[c-]1ccccc1. The minimum absolute atomic E-state index is 0. The molecule has 0 saturated heterocycles. The van der Waals surface area contributed by atoms with Gasteiger partial charge in [-0.2, -0.15) is 66.7 Å². The standard InChI is InChI=1S/C8H7O.C6H5.Y/c1-7(9)8-5-3-2-4-6-8;1-2-4-6-5-3-1;/h3-6H,1H3;1-5H;/q2*-1;. The molecule has 16 heavy (non-hydrogen) atoms. The van der Waals surface area contributed by atoms with Crippen LogP contribution in [0.3, 0.4) is 0 Å². The maximum absolute atomic E-state index is 10.6. The summed E-state index contributed by atoms with van der Waals surface area (Å²) in [5.74, 6) is 0.101. The largest absolute Gasteiger partial charge is 0.297 e. The molecule has 2 heteroatoms. The Labute approximate surface area is 122 Å². The van der Waals surface area contributed by atoms with Crippen LogP contribution in [0.5, 0.6) is 0 Å². The first-order chi connectivity index (χ1) is 7.30. The Balaban J connectivity index is 0.000000283. The molecule has 0 aliphatic carbocycles. The average molecular weight is 285 g/mol. The molecule has 2 rings (SSSR count). The molecule has 0 aromatic heterocycles. The van der Waals surface area contributed by atoms with E-state index < -0.39 is 0 Å². The maximum Gasteiger partial charge on any atom is 0.135 e. The molecule has 1 radical (unpaired) electrons. The third-order valence-electron chi connectivity index (χ3n) is 1.73. The van der Waals surface area contributed by atoms with Crippen LogP contribution in [-0.4, -0.2) is 5.78 Å². The molecule has 79 valence electrons. The van der Waals surface area contributed by atoms with Gasteiger partial charge in [0, 0.05) is 32.7 Å². The number of carbonyl (C=O) groups excluding carboxylic acids is 1. The molecule has 0 fully saturated rings. The van der Waals surface area contributed by atoms with Crippen molar-refractivity contribution in [2.24, 2.45) is 0 Å².